The van der Waals surface area contributed by atoms with Crippen molar-refractivity contribution >= 4 is 27.5 Å². The zero-order chi connectivity index (χ0) is 22.2. The molecule has 4 rings (SSSR count). The zero-order valence-electron chi connectivity index (χ0n) is 16.1. The van der Waals surface area contributed by atoms with Gasteiger partial charge in [0.15, 0.2) is 5.76 Å². The third-order valence-electron chi connectivity index (χ3n) is 4.99. The number of nitrogens with zero attached hydrogens (tertiary/aromatic N) is 2. The van der Waals surface area contributed by atoms with Crippen LogP contribution in [0.15, 0.2) is 63.9 Å². The van der Waals surface area contributed by atoms with Crippen molar-refractivity contribution in [1.82, 2.24) is 9.21 Å². The van der Waals surface area contributed by atoms with Crippen LogP contribution in [0, 0.1) is 11.6 Å². The number of carbonyl (C=O) groups excluding carboxylic acids is 1. The maximum Gasteiger partial charge on any atom is 0.289 e. The van der Waals surface area contributed by atoms with Crippen molar-refractivity contribution in [3.8, 4) is 11.3 Å². The van der Waals surface area contributed by atoms with Crippen molar-refractivity contribution in [2.45, 2.75) is 4.90 Å². The van der Waals surface area contributed by atoms with E-state index in [1.165, 1.54) is 11.0 Å². The van der Waals surface area contributed by atoms with Crippen molar-refractivity contribution in [2.24, 2.45) is 0 Å². The zero-order valence-corrected chi connectivity index (χ0v) is 17.7. The van der Waals surface area contributed by atoms with E-state index in [2.05, 4.69) is 0 Å². The quantitative estimate of drug-likeness (QED) is 0.582. The number of benzene rings is 2. The van der Waals surface area contributed by atoms with Gasteiger partial charge >= 0.3 is 0 Å². The summed E-state index contributed by atoms with van der Waals surface area (Å²) >= 11 is 6.16. The summed E-state index contributed by atoms with van der Waals surface area (Å²) in [6.45, 7) is 0.0540. The SMILES string of the molecule is O=C(c1ccc(-c2ccccc2Cl)o1)N1CCN(S(=O)(=O)c2cc(F)ccc2F)CC1. The minimum absolute atomic E-state index is 0.0535. The Hall–Kier alpha value is -2.75. The van der Waals surface area contributed by atoms with Crippen LogP contribution >= 0.6 is 11.6 Å². The first kappa shape index (κ1) is 21.5. The van der Waals surface area contributed by atoms with E-state index in [4.69, 9.17) is 16.0 Å². The van der Waals surface area contributed by atoms with Crippen LogP contribution < -0.4 is 0 Å². The van der Waals surface area contributed by atoms with Gasteiger partial charge in [-0.05, 0) is 42.5 Å². The largest absolute Gasteiger partial charge is 0.451 e. The van der Waals surface area contributed by atoms with Crippen LogP contribution in [0.2, 0.25) is 5.02 Å². The van der Waals surface area contributed by atoms with Crippen molar-refractivity contribution in [3.05, 3.63) is 77.0 Å². The van der Waals surface area contributed by atoms with Gasteiger partial charge in [0.25, 0.3) is 5.91 Å². The van der Waals surface area contributed by atoms with Gasteiger partial charge in [-0.15, -0.1) is 0 Å². The Morgan fingerprint density at radius 2 is 1.68 bits per heavy atom. The molecule has 0 radical (unpaired) electrons. The monoisotopic (exact) mass is 466 g/mol. The molecule has 1 amide bonds. The first-order chi connectivity index (χ1) is 14.8. The summed E-state index contributed by atoms with van der Waals surface area (Å²) in [5.41, 5.74) is 0.649. The minimum Gasteiger partial charge on any atom is -0.451 e. The first-order valence-electron chi connectivity index (χ1n) is 9.36. The van der Waals surface area contributed by atoms with Gasteiger partial charge in [0, 0.05) is 31.7 Å². The molecule has 6 nitrogen and oxygen atoms in total. The van der Waals surface area contributed by atoms with Gasteiger partial charge in [0.05, 0.1) is 5.02 Å². The average Bonchev–Trinajstić information content (AvgIpc) is 3.25. The lowest BCUT2D eigenvalue weighted by atomic mass is 10.2. The third-order valence-corrected chi connectivity index (χ3v) is 7.24. The molecule has 3 aromatic rings. The third kappa shape index (κ3) is 4.21. The maximum atomic E-state index is 14.0. The second kappa shape index (κ2) is 8.41. The highest BCUT2D eigenvalue weighted by atomic mass is 35.5. The topological polar surface area (TPSA) is 70.8 Å². The van der Waals surface area contributed by atoms with Crippen molar-refractivity contribution in [3.63, 3.8) is 0 Å². The predicted octanol–water partition coefficient (Wildman–Crippen LogP) is 4.02. The predicted molar refractivity (Wildman–Crippen MR) is 110 cm³/mol. The molecular formula is C21H17ClF2N2O4S. The van der Waals surface area contributed by atoms with Crippen LogP contribution in [-0.4, -0.2) is 49.7 Å². The van der Waals surface area contributed by atoms with Crippen LogP contribution in [-0.2, 0) is 10.0 Å². The van der Waals surface area contributed by atoms with E-state index in [-0.39, 0.29) is 31.9 Å². The summed E-state index contributed by atoms with van der Waals surface area (Å²) in [5.74, 6) is -1.73. The van der Waals surface area contributed by atoms with Crippen LogP contribution in [0.3, 0.4) is 0 Å². The Balaban J connectivity index is 1.46. The van der Waals surface area contributed by atoms with Gasteiger partial charge in [-0.1, -0.05) is 23.7 Å². The van der Waals surface area contributed by atoms with Crippen LogP contribution in [0.5, 0.6) is 0 Å². The van der Waals surface area contributed by atoms with E-state index in [1.54, 1.807) is 30.3 Å². The minimum atomic E-state index is -4.22. The van der Waals surface area contributed by atoms with Crippen LogP contribution in [0.25, 0.3) is 11.3 Å². The Morgan fingerprint density at radius 1 is 0.968 bits per heavy atom. The second-order valence-electron chi connectivity index (χ2n) is 6.91. The molecule has 1 aromatic heterocycles. The molecule has 0 spiro atoms. The fourth-order valence-corrected chi connectivity index (χ4v) is 5.09. The fraction of sp³-hybridized carbons (Fsp3) is 0.190. The molecule has 0 unspecified atom stereocenters. The van der Waals surface area contributed by atoms with Crippen molar-refractivity contribution < 1.29 is 26.4 Å². The molecule has 1 saturated heterocycles. The molecule has 1 fully saturated rings. The summed E-state index contributed by atoms with van der Waals surface area (Å²) in [5, 5.41) is 0.485. The Morgan fingerprint density at radius 3 is 2.39 bits per heavy atom. The summed E-state index contributed by atoms with van der Waals surface area (Å²) in [7, 11) is -4.22. The molecule has 0 saturated carbocycles. The van der Waals surface area contributed by atoms with Gasteiger partial charge in [0.2, 0.25) is 10.0 Å². The van der Waals surface area contributed by atoms with E-state index in [0.29, 0.717) is 22.4 Å². The summed E-state index contributed by atoms with van der Waals surface area (Å²) < 4.78 is 59.4. The molecule has 0 N–H and O–H groups in total. The van der Waals surface area contributed by atoms with E-state index in [9.17, 15) is 22.0 Å². The average molecular weight is 467 g/mol. The number of rotatable bonds is 4. The summed E-state index contributed by atoms with van der Waals surface area (Å²) in [6, 6.07) is 12.5. The van der Waals surface area contributed by atoms with Gasteiger partial charge < -0.3 is 9.32 Å². The number of halogens is 3. The highest BCUT2D eigenvalue weighted by Gasteiger charge is 2.33. The summed E-state index contributed by atoms with van der Waals surface area (Å²) in [4.78, 5) is 13.5. The highest BCUT2D eigenvalue weighted by Crippen LogP contribution is 2.29. The molecule has 162 valence electrons. The number of hydrogen-bond acceptors (Lipinski definition) is 4. The van der Waals surface area contributed by atoms with E-state index in [1.807, 2.05) is 0 Å². The smallest absolute Gasteiger partial charge is 0.289 e. The van der Waals surface area contributed by atoms with Gasteiger partial charge in [-0.2, -0.15) is 4.31 Å². The van der Waals surface area contributed by atoms with Crippen LogP contribution in [0.1, 0.15) is 10.6 Å². The number of piperazine rings is 1. The molecule has 0 aliphatic carbocycles. The molecule has 10 heteroatoms. The number of hydrogen-bond donors (Lipinski definition) is 0. The molecule has 2 aromatic carbocycles. The molecule has 2 heterocycles. The molecular weight excluding hydrogens is 450 g/mol. The lowest BCUT2D eigenvalue weighted by Gasteiger charge is -2.33. The van der Waals surface area contributed by atoms with Gasteiger partial charge in [0.1, 0.15) is 22.3 Å². The summed E-state index contributed by atoms with van der Waals surface area (Å²) in [6.07, 6.45) is 0. The van der Waals surface area contributed by atoms with Crippen molar-refractivity contribution in [2.75, 3.05) is 26.2 Å². The normalized spacial score (nSPS) is 15.3. The Labute approximate surface area is 182 Å². The molecule has 1 aliphatic heterocycles. The molecule has 1 aliphatic rings. The molecule has 0 bridgehead atoms. The number of carbonyl (C=O) groups is 1. The van der Waals surface area contributed by atoms with E-state index >= 15 is 0 Å². The lowest BCUT2D eigenvalue weighted by molar-refractivity contribution is 0.0666. The second-order valence-corrected chi connectivity index (χ2v) is 9.23. The Bertz CT molecular complexity index is 1240. The van der Waals surface area contributed by atoms with Gasteiger partial charge in [-0.25, -0.2) is 17.2 Å². The highest BCUT2D eigenvalue weighted by molar-refractivity contribution is 7.89. The first-order valence-corrected chi connectivity index (χ1v) is 11.2. The van der Waals surface area contributed by atoms with Crippen LogP contribution in [0.4, 0.5) is 8.78 Å². The maximum absolute atomic E-state index is 14.0. The fourth-order valence-electron chi connectivity index (χ4n) is 3.36. The number of amides is 1. The standard InChI is InChI=1S/C21H17ClF2N2O4S/c22-16-4-2-1-3-15(16)18-7-8-19(30-18)21(27)25-9-11-26(12-10-25)31(28,29)20-13-14(23)5-6-17(20)24/h1-8,13H,9-12H2. The number of furan rings is 1. The number of sulfonamides is 1. The lowest BCUT2D eigenvalue weighted by Crippen LogP contribution is -2.50. The Kier molecular flexibility index (Phi) is 5.83. The van der Waals surface area contributed by atoms with E-state index < -0.39 is 32.5 Å². The van der Waals surface area contributed by atoms with Gasteiger partial charge in [-0.3, -0.25) is 4.79 Å². The molecule has 31 heavy (non-hydrogen) atoms. The van der Waals surface area contributed by atoms with E-state index in [0.717, 1.165) is 16.4 Å². The molecule has 0 atom stereocenters. The van der Waals surface area contributed by atoms with Crippen molar-refractivity contribution in [1.29, 1.82) is 0 Å².